The fraction of sp³-hybridized carbons (Fsp3) is 0. The van der Waals surface area contributed by atoms with Crippen LogP contribution in [0.25, 0.3) is 10.2 Å². The van der Waals surface area contributed by atoms with Crippen LogP contribution in [0.3, 0.4) is 0 Å². The summed E-state index contributed by atoms with van der Waals surface area (Å²) in [5.41, 5.74) is 1.96. The lowest BCUT2D eigenvalue weighted by atomic mass is 10.3. The lowest BCUT2D eigenvalue weighted by Gasteiger charge is -1.95. The van der Waals surface area contributed by atoms with E-state index in [1.165, 1.54) is 11.6 Å². The lowest BCUT2D eigenvalue weighted by molar-refractivity contribution is 0.513. The minimum Gasteiger partial charge on any atom is -0.245 e. The number of fused-ring (bicyclic) bond motifs is 1. The van der Waals surface area contributed by atoms with Gasteiger partial charge in [0.05, 0.1) is 20.2 Å². The van der Waals surface area contributed by atoms with Gasteiger partial charge in [-0.3, -0.25) is 0 Å². The number of halogens is 3. The summed E-state index contributed by atoms with van der Waals surface area (Å²) in [5.74, 6) is -1.69. The van der Waals surface area contributed by atoms with Gasteiger partial charge in [0.2, 0.25) is 0 Å². The first kappa shape index (κ1) is 8.07. The predicted molar refractivity (Wildman–Crippen MR) is 47.2 cm³/mol. The van der Waals surface area contributed by atoms with E-state index < -0.39 is 11.6 Å². The monoisotopic (exact) mass is 249 g/mol. The van der Waals surface area contributed by atoms with Gasteiger partial charge in [-0.1, -0.05) is 0 Å². The molecule has 12 heavy (non-hydrogen) atoms. The van der Waals surface area contributed by atoms with E-state index in [1.54, 1.807) is 0 Å². The number of hydrogen-bond donors (Lipinski definition) is 0. The molecule has 0 saturated carbocycles. The average molecular weight is 250 g/mol. The topological polar surface area (TPSA) is 12.9 Å². The fourth-order valence-corrected chi connectivity index (χ4v) is 2.00. The molecule has 0 fully saturated rings. The normalized spacial score (nSPS) is 10.9. The van der Waals surface area contributed by atoms with E-state index in [9.17, 15) is 8.78 Å². The first-order valence-corrected chi connectivity index (χ1v) is 4.74. The maximum atomic E-state index is 13.1. The highest BCUT2D eigenvalue weighted by atomic mass is 79.9. The minimum absolute atomic E-state index is 0.110. The standard InChI is InChI=1S/C7H2BrF2NS/c8-3-1-4-7(12-2-11-4)6(10)5(3)9/h1-2H. The van der Waals surface area contributed by atoms with Crippen molar-refractivity contribution >= 4 is 37.5 Å². The number of benzene rings is 1. The van der Waals surface area contributed by atoms with Crippen molar-refractivity contribution < 1.29 is 8.78 Å². The van der Waals surface area contributed by atoms with Crippen LogP contribution in [0.2, 0.25) is 0 Å². The van der Waals surface area contributed by atoms with Gasteiger partial charge in [-0.05, 0) is 22.0 Å². The molecular weight excluding hydrogens is 248 g/mol. The summed E-state index contributed by atoms with van der Waals surface area (Å²) in [5, 5.41) is 0. The Morgan fingerprint density at radius 2 is 2.08 bits per heavy atom. The Bertz CT molecular complexity index is 440. The third-order valence-corrected chi connectivity index (χ3v) is 2.87. The van der Waals surface area contributed by atoms with Crippen molar-refractivity contribution in [3.05, 3.63) is 27.7 Å². The van der Waals surface area contributed by atoms with E-state index in [0.29, 0.717) is 5.52 Å². The van der Waals surface area contributed by atoms with E-state index >= 15 is 0 Å². The second-order valence-electron chi connectivity index (χ2n) is 2.19. The summed E-state index contributed by atoms with van der Waals surface area (Å²) in [6.07, 6.45) is 0. The van der Waals surface area contributed by atoms with E-state index in [4.69, 9.17) is 0 Å². The van der Waals surface area contributed by atoms with Crippen molar-refractivity contribution in [2.75, 3.05) is 0 Å². The van der Waals surface area contributed by atoms with Gasteiger partial charge < -0.3 is 0 Å². The molecule has 0 bridgehead atoms. The summed E-state index contributed by atoms with van der Waals surface area (Å²) >= 11 is 3.99. The van der Waals surface area contributed by atoms with Crippen LogP contribution in [0.1, 0.15) is 0 Å². The van der Waals surface area contributed by atoms with Gasteiger partial charge in [-0.2, -0.15) is 0 Å². The van der Waals surface area contributed by atoms with Crippen molar-refractivity contribution in [2.24, 2.45) is 0 Å². The summed E-state index contributed by atoms with van der Waals surface area (Å²) in [6.45, 7) is 0. The highest BCUT2D eigenvalue weighted by Gasteiger charge is 2.12. The van der Waals surface area contributed by atoms with Crippen LogP contribution in [0.4, 0.5) is 8.78 Å². The van der Waals surface area contributed by atoms with Crippen LogP contribution in [0.15, 0.2) is 16.0 Å². The molecule has 62 valence electrons. The molecule has 1 aromatic carbocycles. The largest absolute Gasteiger partial charge is 0.245 e. The summed E-state index contributed by atoms with van der Waals surface area (Å²) in [4.78, 5) is 3.86. The Labute approximate surface area is 79.2 Å². The molecule has 1 nitrogen and oxygen atoms in total. The Balaban J connectivity index is 2.94. The number of hydrogen-bond acceptors (Lipinski definition) is 2. The van der Waals surface area contributed by atoms with E-state index in [2.05, 4.69) is 20.9 Å². The molecule has 2 aromatic rings. The van der Waals surface area contributed by atoms with Gasteiger partial charge in [-0.15, -0.1) is 11.3 Å². The Morgan fingerprint density at radius 3 is 2.83 bits per heavy atom. The van der Waals surface area contributed by atoms with E-state index in [1.807, 2.05) is 0 Å². The van der Waals surface area contributed by atoms with E-state index in [0.717, 1.165) is 11.3 Å². The second kappa shape index (κ2) is 2.74. The molecule has 1 heterocycles. The summed E-state index contributed by atoms with van der Waals surface area (Å²) < 4.78 is 26.3. The molecule has 5 heteroatoms. The third kappa shape index (κ3) is 1.04. The maximum Gasteiger partial charge on any atom is 0.179 e. The average Bonchev–Trinajstić information content (AvgIpc) is 2.48. The SMILES string of the molecule is Fc1c(Br)cc2ncsc2c1F. The van der Waals surface area contributed by atoms with Crippen LogP contribution in [-0.2, 0) is 0 Å². The molecule has 0 atom stereocenters. The first-order valence-electron chi connectivity index (χ1n) is 3.07. The molecule has 2 rings (SSSR count). The maximum absolute atomic E-state index is 13.1. The Kier molecular flexibility index (Phi) is 1.84. The van der Waals surface area contributed by atoms with Gasteiger partial charge in [-0.25, -0.2) is 13.8 Å². The number of rotatable bonds is 0. The first-order chi connectivity index (χ1) is 5.70. The third-order valence-electron chi connectivity index (χ3n) is 1.46. The molecule has 0 spiro atoms. The van der Waals surface area contributed by atoms with E-state index in [-0.39, 0.29) is 9.17 Å². The molecule has 1 aromatic heterocycles. The highest BCUT2D eigenvalue weighted by molar-refractivity contribution is 9.10. The van der Waals surface area contributed by atoms with Gasteiger partial charge in [0.25, 0.3) is 0 Å². The van der Waals surface area contributed by atoms with Crippen LogP contribution in [0.5, 0.6) is 0 Å². The van der Waals surface area contributed by atoms with Crippen LogP contribution >= 0.6 is 27.3 Å². The lowest BCUT2D eigenvalue weighted by Crippen LogP contribution is -1.85. The number of thiazole rings is 1. The summed E-state index contributed by atoms with van der Waals surface area (Å²) in [6, 6.07) is 1.46. The molecule has 0 unspecified atom stereocenters. The van der Waals surface area contributed by atoms with Gasteiger partial charge in [0.1, 0.15) is 0 Å². The van der Waals surface area contributed by atoms with Crippen molar-refractivity contribution in [2.45, 2.75) is 0 Å². The van der Waals surface area contributed by atoms with Crippen LogP contribution in [0, 0.1) is 11.6 Å². The molecule has 0 aliphatic heterocycles. The zero-order chi connectivity index (χ0) is 8.72. The molecule has 0 N–H and O–H groups in total. The number of nitrogens with zero attached hydrogens (tertiary/aromatic N) is 1. The summed E-state index contributed by atoms with van der Waals surface area (Å²) in [7, 11) is 0. The van der Waals surface area contributed by atoms with Gasteiger partial charge in [0, 0.05) is 0 Å². The molecule has 0 radical (unpaired) electrons. The van der Waals surface area contributed by atoms with Gasteiger partial charge in [0.15, 0.2) is 11.6 Å². The van der Waals surface area contributed by atoms with Crippen LogP contribution < -0.4 is 0 Å². The predicted octanol–water partition coefficient (Wildman–Crippen LogP) is 3.34. The smallest absolute Gasteiger partial charge is 0.179 e. The zero-order valence-corrected chi connectivity index (χ0v) is 8.05. The van der Waals surface area contributed by atoms with Crippen molar-refractivity contribution in [3.63, 3.8) is 0 Å². The van der Waals surface area contributed by atoms with Crippen molar-refractivity contribution in [3.8, 4) is 0 Å². The Morgan fingerprint density at radius 1 is 1.33 bits per heavy atom. The molecule has 0 saturated heterocycles. The second-order valence-corrected chi connectivity index (χ2v) is 3.90. The molecule has 0 amide bonds. The highest BCUT2D eigenvalue weighted by Crippen LogP contribution is 2.28. The fourth-order valence-electron chi connectivity index (χ4n) is 0.910. The minimum atomic E-state index is -0.855. The number of aromatic nitrogens is 1. The van der Waals surface area contributed by atoms with Crippen molar-refractivity contribution in [1.82, 2.24) is 4.98 Å². The molecule has 0 aliphatic carbocycles. The zero-order valence-electron chi connectivity index (χ0n) is 5.64. The Hall–Kier alpha value is -0.550. The quantitative estimate of drug-likeness (QED) is 0.653. The van der Waals surface area contributed by atoms with Gasteiger partial charge >= 0.3 is 0 Å². The van der Waals surface area contributed by atoms with Crippen LogP contribution in [-0.4, -0.2) is 4.98 Å². The molecular formula is C7H2BrF2NS. The van der Waals surface area contributed by atoms with Crippen molar-refractivity contribution in [1.29, 1.82) is 0 Å². The molecule has 0 aliphatic rings.